The van der Waals surface area contributed by atoms with E-state index in [0.717, 1.165) is 5.75 Å². The fourth-order valence-electron chi connectivity index (χ4n) is 0.525. The minimum atomic E-state index is 0. The van der Waals surface area contributed by atoms with Crippen LogP contribution < -0.4 is 5.73 Å². The fraction of sp³-hybridized carbons (Fsp3) is 0.833. The molecule has 0 saturated heterocycles. The normalized spacial score (nSPS) is 8.50. The molecule has 0 aromatic heterocycles. The average molecular weight is 229 g/mol. The van der Waals surface area contributed by atoms with Gasteiger partial charge in [0.15, 0.2) is 0 Å². The van der Waals surface area contributed by atoms with Gasteiger partial charge in [0.25, 0.3) is 0 Å². The molecule has 0 aliphatic heterocycles. The molecule has 0 rings (SSSR count). The maximum absolute atomic E-state index is 5.27. The molecule has 0 aromatic carbocycles. The first kappa shape index (κ1) is 13.5. The van der Waals surface area contributed by atoms with Crippen LogP contribution in [0.1, 0.15) is 26.2 Å². The van der Waals surface area contributed by atoms with Crippen molar-refractivity contribution >= 4 is 28.3 Å². The second-order valence-corrected chi connectivity index (χ2v) is 3.71. The van der Waals surface area contributed by atoms with E-state index in [1.807, 2.05) is 0 Å². The summed E-state index contributed by atoms with van der Waals surface area (Å²) < 4.78 is 0.575. The van der Waals surface area contributed by atoms with Gasteiger partial charge in [0.2, 0.25) is 0 Å². The smallest absolute Gasteiger partial charge is 0.131 e. The van der Waals surface area contributed by atoms with E-state index in [9.17, 15) is 0 Å². The largest absolute Gasteiger partial charge is 0.385 e. The van der Waals surface area contributed by atoms with Gasteiger partial charge in [-0.15, -0.1) is 0 Å². The van der Waals surface area contributed by atoms with Gasteiger partial charge in [0.1, 0.15) is 4.32 Å². The van der Waals surface area contributed by atoms with Crippen molar-refractivity contribution in [1.29, 1.82) is 0 Å². The van der Waals surface area contributed by atoms with Gasteiger partial charge >= 0.3 is 0 Å². The zero-order valence-electron chi connectivity index (χ0n) is 6.43. The Labute approximate surface area is 85.3 Å². The van der Waals surface area contributed by atoms with Crippen LogP contribution in [0.25, 0.3) is 0 Å². The summed E-state index contributed by atoms with van der Waals surface area (Å²) in [7, 11) is 0. The molecule has 0 bridgehead atoms. The predicted octanol–water partition coefficient (Wildman–Crippen LogP) is 2.15. The molecule has 2 N–H and O–H groups in total. The first-order valence-corrected chi connectivity index (χ1v) is 4.59. The molecule has 0 fully saturated rings. The van der Waals surface area contributed by atoms with E-state index < -0.39 is 0 Å². The predicted molar refractivity (Wildman–Crippen MR) is 48.8 cm³/mol. The van der Waals surface area contributed by atoms with Crippen molar-refractivity contribution in [1.82, 2.24) is 0 Å². The number of rotatable bonds is 4. The molecule has 56 valence electrons. The molecule has 0 unspecified atom stereocenters. The number of unbranched alkanes of at least 4 members (excludes halogenated alkanes) is 2. The summed E-state index contributed by atoms with van der Waals surface area (Å²) >= 11 is 6.27. The SMILES string of the molecule is CCCCCSC(N)=S.[Zn]. The number of nitrogens with two attached hydrogens (primary N) is 1. The van der Waals surface area contributed by atoms with Crippen LogP contribution in [-0.4, -0.2) is 10.1 Å². The van der Waals surface area contributed by atoms with E-state index in [1.165, 1.54) is 19.3 Å². The molecule has 0 spiro atoms. The molecule has 0 radical (unpaired) electrons. The minimum Gasteiger partial charge on any atom is -0.385 e. The molecule has 0 aliphatic carbocycles. The van der Waals surface area contributed by atoms with E-state index in [2.05, 4.69) is 19.1 Å². The number of hydrogen-bond donors (Lipinski definition) is 1. The van der Waals surface area contributed by atoms with E-state index >= 15 is 0 Å². The molecule has 1 nitrogen and oxygen atoms in total. The monoisotopic (exact) mass is 227 g/mol. The van der Waals surface area contributed by atoms with Crippen LogP contribution in [-0.2, 0) is 19.5 Å². The van der Waals surface area contributed by atoms with E-state index in [0.29, 0.717) is 4.32 Å². The Morgan fingerprint density at radius 3 is 2.50 bits per heavy atom. The first-order valence-electron chi connectivity index (χ1n) is 3.19. The van der Waals surface area contributed by atoms with Crippen molar-refractivity contribution in [2.45, 2.75) is 26.2 Å². The Bertz CT molecular complexity index is 87.8. The van der Waals surface area contributed by atoms with Crippen molar-refractivity contribution in [3.05, 3.63) is 0 Å². The molecule has 0 aromatic rings. The van der Waals surface area contributed by atoms with Crippen molar-refractivity contribution in [3.63, 3.8) is 0 Å². The van der Waals surface area contributed by atoms with Crippen LogP contribution in [0, 0.1) is 0 Å². The van der Waals surface area contributed by atoms with Crippen molar-refractivity contribution in [2.24, 2.45) is 5.73 Å². The summed E-state index contributed by atoms with van der Waals surface area (Å²) in [6.45, 7) is 2.19. The van der Waals surface area contributed by atoms with Gasteiger partial charge in [-0.05, 0) is 6.42 Å². The van der Waals surface area contributed by atoms with Crippen LogP contribution >= 0.6 is 24.0 Å². The standard InChI is InChI=1S/C6H13NS2.Zn/c1-2-3-4-5-9-6(7)8;/h2-5H2,1H3,(H2,7,8);. The summed E-state index contributed by atoms with van der Waals surface area (Å²) in [6, 6.07) is 0. The third-order valence-electron chi connectivity index (χ3n) is 0.992. The van der Waals surface area contributed by atoms with Gasteiger partial charge in [-0.2, -0.15) is 0 Å². The Balaban J connectivity index is 0. The van der Waals surface area contributed by atoms with Gasteiger partial charge in [0.05, 0.1) is 0 Å². The zero-order valence-corrected chi connectivity index (χ0v) is 11.0. The maximum Gasteiger partial charge on any atom is 0.131 e. The number of hydrogen-bond acceptors (Lipinski definition) is 2. The Hall–Kier alpha value is 0.863. The van der Waals surface area contributed by atoms with Gasteiger partial charge < -0.3 is 5.73 Å². The number of thioether (sulfide) groups is 1. The first-order chi connectivity index (χ1) is 4.27. The quantitative estimate of drug-likeness (QED) is 0.454. The average Bonchev–Trinajstić information content (AvgIpc) is 1.80. The molecule has 10 heavy (non-hydrogen) atoms. The van der Waals surface area contributed by atoms with E-state index in [4.69, 9.17) is 5.73 Å². The van der Waals surface area contributed by atoms with Crippen LogP contribution in [0.15, 0.2) is 0 Å². The van der Waals surface area contributed by atoms with Crippen LogP contribution in [0.2, 0.25) is 0 Å². The van der Waals surface area contributed by atoms with Crippen LogP contribution in [0.4, 0.5) is 0 Å². The van der Waals surface area contributed by atoms with Gasteiger partial charge in [-0.1, -0.05) is 43.7 Å². The third-order valence-corrected chi connectivity index (χ3v) is 2.12. The molecule has 0 aliphatic rings. The summed E-state index contributed by atoms with van der Waals surface area (Å²) in [5, 5.41) is 0. The topological polar surface area (TPSA) is 26.0 Å². The Morgan fingerprint density at radius 1 is 1.50 bits per heavy atom. The van der Waals surface area contributed by atoms with Crippen molar-refractivity contribution in [3.8, 4) is 0 Å². The fourth-order valence-corrected chi connectivity index (χ4v) is 1.32. The summed E-state index contributed by atoms with van der Waals surface area (Å²) in [6.07, 6.45) is 3.78. The van der Waals surface area contributed by atoms with Crippen LogP contribution in [0.3, 0.4) is 0 Å². The van der Waals surface area contributed by atoms with Crippen molar-refractivity contribution in [2.75, 3.05) is 5.75 Å². The molecule has 0 saturated carbocycles. The molecular formula is C6H13NS2Zn. The maximum atomic E-state index is 5.27. The van der Waals surface area contributed by atoms with E-state index in [-0.39, 0.29) is 19.5 Å². The van der Waals surface area contributed by atoms with Gasteiger partial charge in [-0.3, -0.25) is 0 Å². The van der Waals surface area contributed by atoms with Gasteiger partial charge in [0, 0.05) is 25.2 Å². The molecule has 0 heterocycles. The zero-order chi connectivity index (χ0) is 7.11. The number of thiocarbonyl (C=S) groups is 1. The Morgan fingerprint density at radius 2 is 2.10 bits per heavy atom. The molecule has 0 amide bonds. The summed E-state index contributed by atoms with van der Waals surface area (Å²) in [5.41, 5.74) is 5.27. The summed E-state index contributed by atoms with van der Waals surface area (Å²) in [5.74, 6) is 1.09. The molecule has 4 heteroatoms. The van der Waals surface area contributed by atoms with Crippen molar-refractivity contribution < 1.29 is 19.5 Å². The van der Waals surface area contributed by atoms with Crippen LogP contribution in [0.5, 0.6) is 0 Å². The van der Waals surface area contributed by atoms with Gasteiger partial charge in [-0.25, -0.2) is 0 Å². The molecule has 0 atom stereocenters. The summed E-state index contributed by atoms with van der Waals surface area (Å²) in [4.78, 5) is 0. The Kier molecular flexibility index (Phi) is 13.3. The second kappa shape index (κ2) is 9.86. The van der Waals surface area contributed by atoms with E-state index in [1.54, 1.807) is 11.8 Å². The second-order valence-electron chi connectivity index (χ2n) is 1.87. The third kappa shape index (κ3) is 11.6. The minimum absolute atomic E-state index is 0. The molecular weight excluding hydrogens is 216 g/mol.